The second kappa shape index (κ2) is 10.6. The highest BCUT2D eigenvalue weighted by molar-refractivity contribution is 5.85. The molecule has 1 saturated heterocycles. The summed E-state index contributed by atoms with van der Waals surface area (Å²) in [4.78, 5) is 14.4. The molecule has 3 N–H and O–H groups in total. The Morgan fingerprint density at radius 3 is 2.35 bits per heavy atom. The number of likely N-dealkylation sites (N-methyl/N-ethyl adjacent to an activating group) is 1. The molecule has 0 aliphatic carbocycles. The summed E-state index contributed by atoms with van der Waals surface area (Å²) in [6, 6.07) is 0.494. The molecule has 0 aromatic rings. The fourth-order valence-electron chi connectivity index (χ4n) is 2.08. The van der Waals surface area contributed by atoms with Crippen molar-refractivity contribution in [2.75, 3.05) is 39.9 Å². The smallest absolute Gasteiger partial charge is 0.227 e. The van der Waals surface area contributed by atoms with Crippen LogP contribution in [0.5, 0.6) is 0 Å². The number of amides is 1. The number of nitrogens with zero attached hydrogens (tertiary/aromatic N) is 1. The maximum Gasteiger partial charge on any atom is 0.227 e. The van der Waals surface area contributed by atoms with Gasteiger partial charge in [-0.15, -0.1) is 24.8 Å². The molecule has 0 saturated carbocycles. The van der Waals surface area contributed by atoms with Crippen LogP contribution < -0.4 is 11.1 Å². The van der Waals surface area contributed by atoms with Crippen LogP contribution in [0.25, 0.3) is 0 Å². The molecule has 122 valence electrons. The third-order valence-corrected chi connectivity index (χ3v) is 3.95. The monoisotopic (exact) mass is 329 g/mol. The molecule has 0 atom stereocenters. The zero-order chi connectivity index (χ0) is 13.6. The number of halogens is 2. The number of ether oxygens (including phenoxy) is 1. The molecule has 0 spiro atoms. The first-order chi connectivity index (χ1) is 8.52. The Balaban J connectivity index is 0. The normalized spacial score (nSPS) is 17.3. The minimum absolute atomic E-state index is 0. The van der Waals surface area contributed by atoms with Gasteiger partial charge in [0.25, 0.3) is 0 Å². The van der Waals surface area contributed by atoms with Gasteiger partial charge >= 0.3 is 0 Å². The molecule has 5 nitrogen and oxygen atoms in total. The second-order valence-electron chi connectivity index (χ2n) is 5.43. The topological polar surface area (TPSA) is 67.6 Å². The van der Waals surface area contributed by atoms with Gasteiger partial charge in [-0.2, -0.15) is 0 Å². The molecule has 1 heterocycles. The van der Waals surface area contributed by atoms with Gasteiger partial charge in [0.1, 0.15) is 0 Å². The summed E-state index contributed by atoms with van der Waals surface area (Å²) < 4.78 is 5.31. The summed E-state index contributed by atoms with van der Waals surface area (Å²) in [5, 5.41) is 3.01. The van der Waals surface area contributed by atoms with Gasteiger partial charge in [0.15, 0.2) is 0 Å². The molecular formula is C13H29Cl2N3O2. The Bertz CT molecular complexity index is 272. The summed E-state index contributed by atoms with van der Waals surface area (Å²) in [7, 11) is 2.06. The van der Waals surface area contributed by atoms with Crippen LogP contribution >= 0.6 is 24.8 Å². The third-order valence-electron chi connectivity index (χ3n) is 3.95. The minimum atomic E-state index is -0.408. The van der Waals surface area contributed by atoms with Crippen LogP contribution in [-0.2, 0) is 9.53 Å². The SMILES string of the molecule is CC(C)N(C)CCNC(=O)C1(CN)CCOCC1.Cl.Cl. The fraction of sp³-hybridized carbons (Fsp3) is 0.923. The van der Waals surface area contributed by atoms with Crippen molar-refractivity contribution in [3.05, 3.63) is 0 Å². The van der Waals surface area contributed by atoms with Gasteiger partial charge in [-0.05, 0) is 33.7 Å². The lowest BCUT2D eigenvalue weighted by atomic mass is 9.79. The summed E-state index contributed by atoms with van der Waals surface area (Å²) in [6.45, 7) is 7.50. The van der Waals surface area contributed by atoms with Gasteiger partial charge < -0.3 is 20.7 Å². The Kier molecular flexibility index (Phi) is 11.8. The number of carbonyl (C=O) groups is 1. The largest absolute Gasteiger partial charge is 0.381 e. The molecule has 20 heavy (non-hydrogen) atoms. The molecule has 0 radical (unpaired) electrons. The summed E-state index contributed by atoms with van der Waals surface area (Å²) in [5.74, 6) is 0.0884. The van der Waals surface area contributed by atoms with Crippen LogP contribution in [0, 0.1) is 5.41 Å². The minimum Gasteiger partial charge on any atom is -0.381 e. The van der Waals surface area contributed by atoms with Gasteiger partial charge in [0.2, 0.25) is 5.91 Å². The molecular weight excluding hydrogens is 301 g/mol. The van der Waals surface area contributed by atoms with E-state index in [1.807, 2.05) is 0 Å². The lowest BCUT2D eigenvalue weighted by molar-refractivity contribution is -0.135. The van der Waals surface area contributed by atoms with Gasteiger partial charge in [-0.1, -0.05) is 0 Å². The first-order valence-electron chi connectivity index (χ1n) is 6.78. The zero-order valence-corrected chi connectivity index (χ0v) is 14.3. The van der Waals surface area contributed by atoms with E-state index in [0.717, 1.165) is 19.4 Å². The third kappa shape index (κ3) is 6.14. The Hall–Kier alpha value is -0.0700. The van der Waals surface area contributed by atoms with Crippen molar-refractivity contribution in [3.8, 4) is 0 Å². The van der Waals surface area contributed by atoms with Crippen molar-refractivity contribution >= 4 is 30.7 Å². The first-order valence-corrected chi connectivity index (χ1v) is 6.78. The van der Waals surface area contributed by atoms with Gasteiger partial charge in [-0.3, -0.25) is 4.79 Å². The van der Waals surface area contributed by atoms with E-state index in [4.69, 9.17) is 10.5 Å². The van der Waals surface area contributed by atoms with E-state index in [1.54, 1.807) is 0 Å². The van der Waals surface area contributed by atoms with Crippen molar-refractivity contribution in [3.63, 3.8) is 0 Å². The number of hydrogen-bond acceptors (Lipinski definition) is 4. The average molecular weight is 330 g/mol. The standard InChI is InChI=1S/C13H27N3O2.2ClH/c1-11(2)16(3)7-6-15-12(17)13(10-14)4-8-18-9-5-13;;/h11H,4-10,14H2,1-3H3,(H,15,17);2*1H. The van der Waals surface area contributed by atoms with Crippen molar-refractivity contribution in [2.24, 2.45) is 11.1 Å². The van der Waals surface area contributed by atoms with Crippen LogP contribution in [0.3, 0.4) is 0 Å². The molecule has 1 amide bonds. The molecule has 7 heteroatoms. The van der Waals surface area contributed by atoms with E-state index >= 15 is 0 Å². The molecule has 1 fully saturated rings. The van der Waals surface area contributed by atoms with Gasteiger partial charge in [0, 0.05) is 38.9 Å². The van der Waals surface area contributed by atoms with Crippen molar-refractivity contribution < 1.29 is 9.53 Å². The molecule has 1 aliphatic heterocycles. The van der Waals surface area contributed by atoms with E-state index in [9.17, 15) is 4.79 Å². The van der Waals surface area contributed by atoms with Crippen molar-refractivity contribution in [2.45, 2.75) is 32.7 Å². The lowest BCUT2D eigenvalue weighted by Gasteiger charge is -2.34. The molecule has 1 rings (SSSR count). The molecule has 0 bridgehead atoms. The van der Waals surface area contributed by atoms with E-state index in [1.165, 1.54) is 0 Å². The fourth-order valence-corrected chi connectivity index (χ4v) is 2.08. The van der Waals surface area contributed by atoms with Crippen LogP contribution in [0.2, 0.25) is 0 Å². The van der Waals surface area contributed by atoms with Gasteiger partial charge in [-0.25, -0.2) is 0 Å². The number of rotatable bonds is 6. The lowest BCUT2D eigenvalue weighted by Crippen LogP contribution is -2.50. The van der Waals surface area contributed by atoms with Crippen molar-refractivity contribution in [1.29, 1.82) is 0 Å². The maximum atomic E-state index is 12.2. The summed E-state index contributed by atoms with van der Waals surface area (Å²) >= 11 is 0. The molecule has 0 aromatic heterocycles. The summed E-state index contributed by atoms with van der Waals surface area (Å²) in [5.41, 5.74) is 5.38. The average Bonchev–Trinajstić information content (AvgIpc) is 2.39. The van der Waals surface area contributed by atoms with Crippen LogP contribution in [0.1, 0.15) is 26.7 Å². The van der Waals surface area contributed by atoms with E-state index < -0.39 is 5.41 Å². The quantitative estimate of drug-likeness (QED) is 0.764. The number of carbonyl (C=O) groups excluding carboxylic acids is 1. The first kappa shape index (κ1) is 22.2. The van der Waals surface area contributed by atoms with E-state index in [0.29, 0.717) is 32.3 Å². The van der Waals surface area contributed by atoms with E-state index in [2.05, 4.69) is 31.1 Å². The highest BCUT2D eigenvalue weighted by Crippen LogP contribution is 2.29. The predicted octanol–water partition coefficient (Wildman–Crippen LogP) is 1.04. The van der Waals surface area contributed by atoms with E-state index in [-0.39, 0.29) is 30.7 Å². The molecule has 0 unspecified atom stereocenters. The van der Waals surface area contributed by atoms with Crippen LogP contribution in [0.15, 0.2) is 0 Å². The Morgan fingerprint density at radius 2 is 1.90 bits per heavy atom. The number of nitrogens with two attached hydrogens (primary N) is 1. The number of nitrogens with one attached hydrogen (secondary N) is 1. The highest BCUT2D eigenvalue weighted by atomic mass is 35.5. The molecule has 0 aromatic carbocycles. The predicted molar refractivity (Wildman–Crippen MR) is 86.8 cm³/mol. The highest BCUT2D eigenvalue weighted by Gasteiger charge is 2.38. The van der Waals surface area contributed by atoms with Gasteiger partial charge in [0.05, 0.1) is 5.41 Å². The zero-order valence-electron chi connectivity index (χ0n) is 12.7. The van der Waals surface area contributed by atoms with Crippen LogP contribution in [-0.4, -0.2) is 56.7 Å². The molecule has 1 aliphatic rings. The Morgan fingerprint density at radius 1 is 1.35 bits per heavy atom. The number of hydrogen-bond donors (Lipinski definition) is 2. The summed E-state index contributed by atoms with van der Waals surface area (Å²) in [6.07, 6.45) is 1.46. The van der Waals surface area contributed by atoms with Crippen molar-refractivity contribution in [1.82, 2.24) is 10.2 Å². The Labute approximate surface area is 134 Å². The van der Waals surface area contributed by atoms with Crippen LogP contribution in [0.4, 0.5) is 0 Å². The second-order valence-corrected chi connectivity index (χ2v) is 5.43. The maximum absolute atomic E-state index is 12.2.